The van der Waals surface area contributed by atoms with Gasteiger partial charge in [0, 0.05) is 22.8 Å². The van der Waals surface area contributed by atoms with Crippen LogP contribution in [-0.2, 0) is 11.2 Å². The van der Waals surface area contributed by atoms with Crippen LogP contribution in [-0.4, -0.2) is 37.5 Å². The molecule has 0 atom stereocenters. The van der Waals surface area contributed by atoms with Crippen molar-refractivity contribution in [2.45, 2.75) is 26.2 Å². The van der Waals surface area contributed by atoms with Crippen molar-refractivity contribution in [1.82, 2.24) is 10.2 Å². The Labute approximate surface area is 113 Å². The van der Waals surface area contributed by atoms with Crippen molar-refractivity contribution < 1.29 is 4.79 Å². The summed E-state index contributed by atoms with van der Waals surface area (Å²) in [5.41, 5.74) is 0. The Hall–Kier alpha value is -0.870. The number of carbonyl (C=O) groups is 1. The lowest BCUT2D eigenvalue weighted by Gasteiger charge is -2.31. The molecule has 0 spiro atoms. The first-order valence-corrected chi connectivity index (χ1v) is 7.48. The first-order chi connectivity index (χ1) is 8.69. The highest BCUT2D eigenvalue weighted by Gasteiger charge is 2.22. The minimum absolute atomic E-state index is 0.291. The Kier molecular flexibility index (Phi) is 4.78. The summed E-state index contributed by atoms with van der Waals surface area (Å²) < 4.78 is 0. The fourth-order valence-electron chi connectivity index (χ4n) is 2.52. The van der Waals surface area contributed by atoms with Crippen molar-refractivity contribution in [3.63, 3.8) is 0 Å². The molecule has 1 aromatic rings. The summed E-state index contributed by atoms with van der Waals surface area (Å²) in [5, 5.41) is 3.22. The smallest absolute Gasteiger partial charge is 0.227 e. The molecule has 0 aromatic carbocycles. The summed E-state index contributed by atoms with van der Waals surface area (Å²) in [5.74, 6) is 1.03. The highest BCUT2D eigenvalue weighted by Crippen LogP contribution is 2.20. The molecule has 100 valence electrons. The third kappa shape index (κ3) is 3.56. The second-order valence-electron chi connectivity index (χ2n) is 5.07. The molecule has 1 aliphatic heterocycles. The number of amides is 1. The Morgan fingerprint density at radius 3 is 2.72 bits per heavy atom. The van der Waals surface area contributed by atoms with E-state index in [-0.39, 0.29) is 0 Å². The van der Waals surface area contributed by atoms with Gasteiger partial charge in [0.2, 0.25) is 5.91 Å². The zero-order valence-electron chi connectivity index (χ0n) is 11.2. The lowest BCUT2D eigenvalue weighted by Crippen LogP contribution is -2.41. The summed E-state index contributed by atoms with van der Waals surface area (Å²) in [6.45, 7) is 5.01. The molecule has 18 heavy (non-hydrogen) atoms. The average molecular weight is 266 g/mol. The molecule has 3 nitrogen and oxygen atoms in total. The van der Waals surface area contributed by atoms with Crippen LogP contribution < -0.4 is 5.32 Å². The number of likely N-dealkylation sites (tertiary alicyclic amines) is 1. The Balaban J connectivity index is 1.80. The van der Waals surface area contributed by atoms with Gasteiger partial charge in [-0.25, -0.2) is 0 Å². The number of nitrogens with one attached hydrogen (secondary N) is 1. The highest BCUT2D eigenvalue weighted by atomic mass is 32.1. The summed E-state index contributed by atoms with van der Waals surface area (Å²) in [6.07, 6.45) is 2.85. The first-order valence-electron chi connectivity index (χ1n) is 6.66. The second-order valence-corrected chi connectivity index (χ2v) is 6.44. The van der Waals surface area contributed by atoms with Gasteiger partial charge >= 0.3 is 0 Å². The average Bonchev–Trinajstić information content (AvgIpc) is 2.76. The van der Waals surface area contributed by atoms with E-state index in [2.05, 4.69) is 24.4 Å². The van der Waals surface area contributed by atoms with Gasteiger partial charge in [-0.3, -0.25) is 4.79 Å². The van der Waals surface area contributed by atoms with Gasteiger partial charge < -0.3 is 10.2 Å². The van der Waals surface area contributed by atoms with E-state index in [4.69, 9.17) is 0 Å². The molecule has 0 radical (unpaired) electrons. The van der Waals surface area contributed by atoms with Crippen molar-refractivity contribution in [2.24, 2.45) is 5.92 Å². The maximum Gasteiger partial charge on any atom is 0.227 e. The van der Waals surface area contributed by atoms with Crippen molar-refractivity contribution in [1.29, 1.82) is 0 Å². The molecule has 0 bridgehead atoms. The third-order valence-corrected chi connectivity index (χ3v) is 4.58. The largest absolute Gasteiger partial charge is 0.342 e. The second kappa shape index (κ2) is 6.34. The van der Waals surface area contributed by atoms with Crippen molar-refractivity contribution >= 4 is 17.2 Å². The topological polar surface area (TPSA) is 32.3 Å². The van der Waals surface area contributed by atoms with Crippen LogP contribution in [0.4, 0.5) is 0 Å². The van der Waals surface area contributed by atoms with E-state index in [0.29, 0.717) is 12.3 Å². The van der Waals surface area contributed by atoms with E-state index in [1.165, 1.54) is 9.75 Å². The van der Waals surface area contributed by atoms with Crippen LogP contribution in [0.15, 0.2) is 12.1 Å². The molecule has 4 heteroatoms. The first kappa shape index (κ1) is 13.6. The van der Waals surface area contributed by atoms with E-state index in [9.17, 15) is 4.79 Å². The van der Waals surface area contributed by atoms with Crippen LogP contribution in [0.5, 0.6) is 0 Å². The van der Waals surface area contributed by atoms with Crippen molar-refractivity contribution in [2.75, 3.05) is 26.7 Å². The number of piperidine rings is 1. The van der Waals surface area contributed by atoms with Gasteiger partial charge in [-0.15, -0.1) is 11.3 Å². The van der Waals surface area contributed by atoms with Crippen LogP contribution in [0.1, 0.15) is 22.6 Å². The van der Waals surface area contributed by atoms with Crippen LogP contribution >= 0.6 is 11.3 Å². The van der Waals surface area contributed by atoms with Gasteiger partial charge in [0.15, 0.2) is 0 Å². The number of hydrogen-bond acceptors (Lipinski definition) is 3. The molecule has 1 amide bonds. The molecule has 1 saturated heterocycles. The quantitative estimate of drug-likeness (QED) is 0.904. The Bertz CT molecular complexity index is 394. The number of carbonyl (C=O) groups excluding carboxylic acids is 1. The van der Waals surface area contributed by atoms with Gasteiger partial charge in [-0.05, 0) is 51.4 Å². The van der Waals surface area contributed by atoms with Gasteiger partial charge in [-0.1, -0.05) is 0 Å². The van der Waals surface area contributed by atoms with Gasteiger partial charge in [0.05, 0.1) is 6.42 Å². The molecule has 1 aliphatic rings. The van der Waals surface area contributed by atoms with E-state index < -0.39 is 0 Å². The Morgan fingerprint density at radius 1 is 1.44 bits per heavy atom. The van der Waals surface area contributed by atoms with Gasteiger partial charge in [0.1, 0.15) is 0 Å². The van der Waals surface area contributed by atoms with E-state index in [0.717, 1.165) is 38.4 Å². The molecule has 2 rings (SSSR count). The minimum Gasteiger partial charge on any atom is -0.342 e. The van der Waals surface area contributed by atoms with E-state index in [1.807, 2.05) is 11.9 Å². The highest BCUT2D eigenvalue weighted by molar-refractivity contribution is 7.12. The lowest BCUT2D eigenvalue weighted by molar-refractivity contribution is -0.131. The molecule has 1 fully saturated rings. The molecule has 2 heterocycles. The van der Waals surface area contributed by atoms with E-state index >= 15 is 0 Å². The molecular formula is C14H22N2OS. The summed E-state index contributed by atoms with van der Waals surface area (Å²) >= 11 is 1.73. The molecular weight excluding hydrogens is 244 g/mol. The number of rotatable bonds is 4. The SMILES string of the molecule is CNCC1CCN(C(=O)Cc2ccc(C)s2)CC1. The number of aryl methyl sites for hydroxylation is 1. The number of hydrogen-bond donors (Lipinski definition) is 1. The molecule has 0 aliphatic carbocycles. The minimum atomic E-state index is 0.291. The third-order valence-electron chi connectivity index (χ3n) is 3.58. The maximum atomic E-state index is 12.2. The maximum absolute atomic E-state index is 12.2. The predicted molar refractivity (Wildman–Crippen MR) is 76.0 cm³/mol. The summed E-state index contributed by atoms with van der Waals surface area (Å²) in [7, 11) is 2.00. The van der Waals surface area contributed by atoms with Gasteiger partial charge in [-0.2, -0.15) is 0 Å². The van der Waals surface area contributed by atoms with Crippen molar-refractivity contribution in [3.8, 4) is 0 Å². The monoisotopic (exact) mass is 266 g/mol. The van der Waals surface area contributed by atoms with Crippen LogP contribution in [0.2, 0.25) is 0 Å². The fourth-order valence-corrected chi connectivity index (χ4v) is 3.40. The zero-order valence-corrected chi connectivity index (χ0v) is 12.1. The summed E-state index contributed by atoms with van der Waals surface area (Å²) in [6, 6.07) is 4.16. The fraction of sp³-hybridized carbons (Fsp3) is 0.643. The molecule has 1 N–H and O–H groups in total. The van der Waals surface area contributed by atoms with E-state index in [1.54, 1.807) is 11.3 Å². The number of nitrogens with zero attached hydrogens (tertiary/aromatic N) is 1. The zero-order chi connectivity index (χ0) is 13.0. The lowest BCUT2D eigenvalue weighted by atomic mass is 9.96. The normalized spacial score (nSPS) is 17.1. The van der Waals surface area contributed by atoms with Crippen LogP contribution in [0.25, 0.3) is 0 Å². The predicted octanol–water partition coefficient (Wildman–Crippen LogP) is 2.06. The van der Waals surface area contributed by atoms with Crippen LogP contribution in [0.3, 0.4) is 0 Å². The molecule has 0 unspecified atom stereocenters. The van der Waals surface area contributed by atoms with Crippen molar-refractivity contribution in [3.05, 3.63) is 21.9 Å². The van der Waals surface area contributed by atoms with Gasteiger partial charge in [0.25, 0.3) is 0 Å². The Morgan fingerprint density at radius 2 is 2.17 bits per heavy atom. The standard InChI is InChI=1S/C14H22N2OS/c1-11-3-4-13(18-11)9-14(17)16-7-5-12(6-8-16)10-15-2/h3-4,12,15H,5-10H2,1-2H3. The summed E-state index contributed by atoms with van der Waals surface area (Å²) in [4.78, 5) is 16.7. The molecule has 0 saturated carbocycles. The molecule has 1 aromatic heterocycles. The number of thiophene rings is 1. The van der Waals surface area contributed by atoms with Crippen LogP contribution in [0, 0.1) is 12.8 Å².